The highest BCUT2D eigenvalue weighted by atomic mass is 32.2. The molecule has 1 rings (SSSR count). The lowest BCUT2D eigenvalue weighted by atomic mass is 10.2. The maximum Gasteiger partial charge on any atom is 0.243 e. The van der Waals surface area contributed by atoms with Gasteiger partial charge >= 0.3 is 0 Å². The molecule has 0 radical (unpaired) electrons. The van der Waals surface area contributed by atoms with Crippen LogP contribution < -0.4 is 10.5 Å². The molecule has 0 saturated heterocycles. The predicted molar refractivity (Wildman–Crippen MR) is 69.4 cm³/mol. The summed E-state index contributed by atoms with van der Waals surface area (Å²) in [6.07, 6.45) is 0.238. The first-order chi connectivity index (χ1) is 9.36. The van der Waals surface area contributed by atoms with Gasteiger partial charge < -0.3 is 10.8 Å². The van der Waals surface area contributed by atoms with Crippen molar-refractivity contribution >= 4 is 15.9 Å². The number of hydrogen-bond acceptors (Lipinski definition) is 4. The van der Waals surface area contributed by atoms with Crippen LogP contribution in [-0.2, 0) is 14.8 Å². The summed E-state index contributed by atoms with van der Waals surface area (Å²) in [4.78, 5) is 9.93. The Hall–Kier alpha value is -1.95. The molecule has 0 fully saturated rings. The molecule has 0 saturated carbocycles. The monoisotopic (exact) mass is 300 g/mol. The third-order valence-electron chi connectivity index (χ3n) is 2.13. The van der Waals surface area contributed by atoms with Gasteiger partial charge in [-0.3, -0.25) is 4.79 Å². The smallest absolute Gasteiger partial charge is 0.243 e. The minimum absolute atomic E-state index is 0.112. The standard InChI is InChI=1S/C12H13FN2O4S/c13-10-7-9(3-1-2-6-16)4-5-11(10)20(18,19)15-8-12(14)17/h4-5,7,15-16H,2,6,8H2,(H2,14,17). The van der Waals surface area contributed by atoms with Gasteiger partial charge in [0.25, 0.3) is 0 Å². The molecule has 1 aromatic rings. The average molecular weight is 300 g/mol. The predicted octanol–water partition coefficient (Wildman–Crippen LogP) is -0.677. The molecule has 0 spiro atoms. The Labute approximate surface area is 115 Å². The van der Waals surface area contributed by atoms with E-state index in [1.165, 1.54) is 6.07 Å². The molecule has 0 atom stereocenters. The summed E-state index contributed by atoms with van der Waals surface area (Å²) in [5, 5.41) is 8.55. The van der Waals surface area contributed by atoms with Crippen molar-refractivity contribution in [2.24, 2.45) is 5.73 Å². The molecule has 8 heteroatoms. The Morgan fingerprint density at radius 3 is 2.70 bits per heavy atom. The minimum Gasteiger partial charge on any atom is -0.395 e. The Morgan fingerprint density at radius 2 is 2.15 bits per heavy atom. The first-order valence-corrected chi connectivity index (χ1v) is 7.02. The topological polar surface area (TPSA) is 109 Å². The fraction of sp³-hybridized carbons (Fsp3) is 0.250. The number of sulfonamides is 1. The number of aliphatic hydroxyl groups is 1. The van der Waals surface area contributed by atoms with E-state index in [1.54, 1.807) is 0 Å². The van der Waals surface area contributed by atoms with Crippen molar-refractivity contribution in [2.45, 2.75) is 11.3 Å². The van der Waals surface area contributed by atoms with Gasteiger partial charge in [-0.1, -0.05) is 11.8 Å². The number of rotatable bonds is 5. The molecule has 1 aromatic carbocycles. The Morgan fingerprint density at radius 1 is 1.45 bits per heavy atom. The van der Waals surface area contributed by atoms with Crippen LogP contribution in [0, 0.1) is 17.7 Å². The lowest BCUT2D eigenvalue weighted by Gasteiger charge is -2.06. The van der Waals surface area contributed by atoms with Gasteiger partial charge in [-0.15, -0.1) is 0 Å². The van der Waals surface area contributed by atoms with E-state index in [0.717, 1.165) is 12.1 Å². The van der Waals surface area contributed by atoms with Gasteiger partial charge in [-0.25, -0.2) is 17.5 Å². The molecular weight excluding hydrogens is 287 g/mol. The highest BCUT2D eigenvalue weighted by Gasteiger charge is 2.19. The van der Waals surface area contributed by atoms with Crippen molar-refractivity contribution in [2.75, 3.05) is 13.2 Å². The quantitative estimate of drug-likeness (QED) is 0.626. The van der Waals surface area contributed by atoms with E-state index in [4.69, 9.17) is 10.8 Å². The molecule has 0 aromatic heterocycles. The second-order valence-corrected chi connectivity index (χ2v) is 5.45. The van der Waals surface area contributed by atoms with Gasteiger partial charge in [0, 0.05) is 12.0 Å². The van der Waals surface area contributed by atoms with Crippen LogP contribution in [0.1, 0.15) is 12.0 Å². The lowest BCUT2D eigenvalue weighted by Crippen LogP contribution is -2.33. The number of aliphatic hydroxyl groups excluding tert-OH is 1. The molecule has 0 aliphatic rings. The first-order valence-electron chi connectivity index (χ1n) is 5.54. The zero-order valence-corrected chi connectivity index (χ0v) is 11.2. The van der Waals surface area contributed by atoms with Crippen molar-refractivity contribution in [1.29, 1.82) is 0 Å². The maximum absolute atomic E-state index is 13.7. The number of nitrogens with one attached hydrogen (secondary N) is 1. The first kappa shape index (κ1) is 16.1. The molecule has 0 unspecified atom stereocenters. The number of amides is 1. The van der Waals surface area contributed by atoms with Crippen LogP contribution in [0.4, 0.5) is 4.39 Å². The van der Waals surface area contributed by atoms with Crippen molar-refractivity contribution in [3.8, 4) is 11.8 Å². The maximum atomic E-state index is 13.7. The van der Waals surface area contributed by atoms with Gasteiger partial charge in [0.05, 0.1) is 13.2 Å². The Bertz CT molecular complexity index is 662. The van der Waals surface area contributed by atoms with Gasteiger partial charge in [0.15, 0.2) is 0 Å². The molecule has 20 heavy (non-hydrogen) atoms. The average Bonchev–Trinajstić information content (AvgIpc) is 2.37. The molecule has 1 amide bonds. The Balaban J connectivity index is 2.99. The summed E-state index contributed by atoms with van der Waals surface area (Å²) in [6.45, 7) is -0.723. The van der Waals surface area contributed by atoms with E-state index in [0.29, 0.717) is 0 Å². The number of carbonyl (C=O) groups excluding carboxylic acids is 1. The second kappa shape index (κ2) is 7.00. The largest absolute Gasteiger partial charge is 0.395 e. The van der Waals surface area contributed by atoms with Crippen LogP contribution in [0.2, 0.25) is 0 Å². The summed E-state index contributed by atoms with van der Waals surface area (Å²) >= 11 is 0. The molecule has 0 aliphatic heterocycles. The van der Waals surface area contributed by atoms with Crippen LogP contribution in [0.15, 0.2) is 23.1 Å². The van der Waals surface area contributed by atoms with E-state index in [-0.39, 0.29) is 18.6 Å². The van der Waals surface area contributed by atoms with Gasteiger partial charge in [0.1, 0.15) is 10.7 Å². The summed E-state index contributed by atoms with van der Waals surface area (Å²) in [5.74, 6) is 3.30. The van der Waals surface area contributed by atoms with E-state index in [1.807, 2.05) is 4.72 Å². The summed E-state index contributed by atoms with van der Waals surface area (Å²) < 4.78 is 39.0. The lowest BCUT2D eigenvalue weighted by molar-refractivity contribution is -0.116. The molecule has 4 N–H and O–H groups in total. The van der Waals surface area contributed by atoms with Crippen molar-refractivity contribution < 1.29 is 22.7 Å². The van der Waals surface area contributed by atoms with E-state index < -0.39 is 33.2 Å². The van der Waals surface area contributed by atoms with Crippen LogP contribution in [0.3, 0.4) is 0 Å². The number of benzene rings is 1. The number of primary amides is 1. The molecule has 108 valence electrons. The van der Waals surface area contributed by atoms with E-state index in [2.05, 4.69) is 11.8 Å². The summed E-state index contributed by atoms with van der Waals surface area (Å²) in [5.41, 5.74) is 5.09. The summed E-state index contributed by atoms with van der Waals surface area (Å²) in [6, 6.07) is 3.33. The van der Waals surface area contributed by atoms with Gasteiger partial charge in [0.2, 0.25) is 15.9 Å². The van der Waals surface area contributed by atoms with Crippen molar-refractivity contribution in [1.82, 2.24) is 4.72 Å². The summed E-state index contributed by atoms with van der Waals surface area (Å²) in [7, 11) is -4.14. The van der Waals surface area contributed by atoms with Crippen LogP contribution >= 0.6 is 0 Å². The fourth-order valence-corrected chi connectivity index (χ4v) is 2.31. The van der Waals surface area contributed by atoms with Crippen LogP contribution in [0.5, 0.6) is 0 Å². The normalized spacial score (nSPS) is 10.7. The van der Waals surface area contributed by atoms with E-state index in [9.17, 15) is 17.6 Å². The fourth-order valence-electron chi connectivity index (χ4n) is 1.26. The van der Waals surface area contributed by atoms with Crippen molar-refractivity contribution in [3.63, 3.8) is 0 Å². The van der Waals surface area contributed by atoms with Gasteiger partial charge in [-0.05, 0) is 18.2 Å². The molecule has 0 heterocycles. The SMILES string of the molecule is NC(=O)CNS(=O)(=O)c1ccc(C#CCCO)cc1F. The van der Waals surface area contributed by atoms with E-state index >= 15 is 0 Å². The number of carbonyl (C=O) groups is 1. The molecule has 0 bridgehead atoms. The van der Waals surface area contributed by atoms with Crippen LogP contribution in [-0.4, -0.2) is 32.6 Å². The third-order valence-corrected chi connectivity index (χ3v) is 3.56. The van der Waals surface area contributed by atoms with Crippen molar-refractivity contribution in [3.05, 3.63) is 29.6 Å². The number of hydrogen-bond donors (Lipinski definition) is 3. The van der Waals surface area contributed by atoms with Gasteiger partial charge in [-0.2, -0.15) is 0 Å². The molecule has 6 nitrogen and oxygen atoms in total. The second-order valence-electron chi connectivity index (χ2n) is 3.71. The molecule has 0 aliphatic carbocycles. The van der Waals surface area contributed by atoms with Crippen LogP contribution in [0.25, 0.3) is 0 Å². The zero-order chi connectivity index (χ0) is 15.2. The number of halogens is 1. The minimum atomic E-state index is -4.14. The highest BCUT2D eigenvalue weighted by molar-refractivity contribution is 7.89. The Kier molecular flexibility index (Phi) is 5.64. The third kappa shape index (κ3) is 4.62. The zero-order valence-electron chi connectivity index (χ0n) is 10.4. The highest BCUT2D eigenvalue weighted by Crippen LogP contribution is 2.15. The molecular formula is C12H13FN2O4S. The number of nitrogens with two attached hydrogens (primary N) is 1.